The highest BCUT2D eigenvalue weighted by atomic mass is 16.2. The van der Waals surface area contributed by atoms with Crippen molar-refractivity contribution in [2.24, 2.45) is 0 Å². The van der Waals surface area contributed by atoms with Crippen molar-refractivity contribution in [3.8, 4) is 0 Å². The molecule has 0 heterocycles. The number of aryl methyl sites for hydroxylation is 1. The molecule has 1 aromatic carbocycles. The number of carbonyl (C=O) groups excluding carboxylic acids is 1. The van der Waals surface area contributed by atoms with Gasteiger partial charge in [0.1, 0.15) is 0 Å². The van der Waals surface area contributed by atoms with Gasteiger partial charge in [0.15, 0.2) is 0 Å². The number of amides is 1. The first kappa shape index (κ1) is 14.7. The number of nitrogens with one attached hydrogen (secondary N) is 1. The SMILES string of the molecule is CCNC(C)CC(=O)N(CC)c1ccccc1C. The zero-order valence-electron chi connectivity index (χ0n) is 11.9. The monoisotopic (exact) mass is 248 g/mol. The Labute approximate surface area is 110 Å². The largest absolute Gasteiger partial charge is 0.314 e. The average Bonchev–Trinajstić information content (AvgIpc) is 2.32. The van der Waals surface area contributed by atoms with Crippen LogP contribution < -0.4 is 10.2 Å². The molecule has 1 unspecified atom stereocenters. The molecule has 0 bridgehead atoms. The van der Waals surface area contributed by atoms with Crippen LogP contribution >= 0.6 is 0 Å². The lowest BCUT2D eigenvalue weighted by atomic mass is 10.1. The van der Waals surface area contributed by atoms with Crippen molar-refractivity contribution < 1.29 is 4.79 Å². The lowest BCUT2D eigenvalue weighted by molar-refractivity contribution is -0.119. The quantitative estimate of drug-likeness (QED) is 0.839. The van der Waals surface area contributed by atoms with Gasteiger partial charge in [-0.3, -0.25) is 4.79 Å². The number of hydrogen-bond donors (Lipinski definition) is 1. The molecule has 18 heavy (non-hydrogen) atoms. The lowest BCUT2D eigenvalue weighted by Crippen LogP contribution is -2.37. The van der Waals surface area contributed by atoms with Crippen LogP contribution in [0.4, 0.5) is 5.69 Å². The first-order chi connectivity index (χ1) is 8.60. The van der Waals surface area contributed by atoms with E-state index in [1.165, 1.54) is 0 Å². The van der Waals surface area contributed by atoms with Crippen LogP contribution in [0.3, 0.4) is 0 Å². The summed E-state index contributed by atoms with van der Waals surface area (Å²) >= 11 is 0. The number of para-hydroxylation sites is 1. The van der Waals surface area contributed by atoms with E-state index in [-0.39, 0.29) is 11.9 Å². The molecule has 0 aromatic heterocycles. The molecule has 0 aliphatic rings. The molecule has 0 saturated carbocycles. The van der Waals surface area contributed by atoms with E-state index in [4.69, 9.17) is 0 Å². The highest BCUT2D eigenvalue weighted by Gasteiger charge is 2.17. The van der Waals surface area contributed by atoms with Crippen molar-refractivity contribution in [3.05, 3.63) is 29.8 Å². The fourth-order valence-corrected chi connectivity index (χ4v) is 2.14. The van der Waals surface area contributed by atoms with E-state index in [2.05, 4.69) is 12.2 Å². The number of benzene rings is 1. The van der Waals surface area contributed by atoms with E-state index in [9.17, 15) is 4.79 Å². The number of nitrogens with zero attached hydrogens (tertiary/aromatic N) is 1. The Hall–Kier alpha value is -1.35. The van der Waals surface area contributed by atoms with E-state index in [0.717, 1.165) is 17.8 Å². The van der Waals surface area contributed by atoms with E-state index in [1.807, 2.05) is 49.9 Å². The average molecular weight is 248 g/mol. The minimum atomic E-state index is 0.181. The van der Waals surface area contributed by atoms with Gasteiger partial charge in [0.2, 0.25) is 5.91 Å². The van der Waals surface area contributed by atoms with Gasteiger partial charge in [0.25, 0.3) is 0 Å². The smallest absolute Gasteiger partial charge is 0.228 e. The maximum absolute atomic E-state index is 12.3. The summed E-state index contributed by atoms with van der Waals surface area (Å²) in [5.74, 6) is 0.181. The maximum atomic E-state index is 12.3. The third-order valence-corrected chi connectivity index (χ3v) is 3.06. The molecule has 0 spiro atoms. The Bertz CT molecular complexity index is 390. The predicted molar refractivity (Wildman–Crippen MR) is 77.0 cm³/mol. The Morgan fingerprint density at radius 2 is 2.00 bits per heavy atom. The Morgan fingerprint density at radius 1 is 1.33 bits per heavy atom. The van der Waals surface area contributed by atoms with Gasteiger partial charge in [-0.05, 0) is 38.9 Å². The summed E-state index contributed by atoms with van der Waals surface area (Å²) in [6.07, 6.45) is 0.538. The summed E-state index contributed by atoms with van der Waals surface area (Å²) in [6.45, 7) is 9.77. The number of anilines is 1. The molecule has 100 valence electrons. The number of rotatable bonds is 6. The topological polar surface area (TPSA) is 32.3 Å². The zero-order valence-corrected chi connectivity index (χ0v) is 11.9. The van der Waals surface area contributed by atoms with E-state index in [0.29, 0.717) is 13.0 Å². The zero-order chi connectivity index (χ0) is 13.5. The Morgan fingerprint density at radius 3 is 2.56 bits per heavy atom. The normalized spacial score (nSPS) is 12.2. The standard InChI is InChI=1S/C15H24N2O/c1-5-16-13(4)11-15(18)17(6-2)14-10-8-7-9-12(14)3/h7-10,13,16H,5-6,11H2,1-4H3. The molecule has 1 rings (SSSR count). The predicted octanol–water partition coefficient (Wildman–Crippen LogP) is 2.74. The first-order valence-electron chi connectivity index (χ1n) is 6.69. The van der Waals surface area contributed by atoms with Crippen LogP contribution in [0.15, 0.2) is 24.3 Å². The second-order valence-corrected chi connectivity index (χ2v) is 4.59. The van der Waals surface area contributed by atoms with Crippen molar-refractivity contribution in [1.82, 2.24) is 5.32 Å². The van der Waals surface area contributed by atoms with Gasteiger partial charge in [-0.2, -0.15) is 0 Å². The lowest BCUT2D eigenvalue weighted by Gasteiger charge is -2.24. The minimum Gasteiger partial charge on any atom is -0.314 e. The Balaban J connectivity index is 2.78. The summed E-state index contributed by atoms with van der Waals surface area (Å²) in [6, 6.07) is 8.25. The molecule has 0 radical (unpaired) electrons. The summed E-state index contributed by atoms with van der Waals surface area (Å²) in [5, 5.41) is 3.27. The van der Waals surface area contributed by atoms with Crippen molar-refractivity contribution in [1.29, 1.82) is 0 Å². The first-order valence-corrected chi connectivity index (χ1v) is 6.69. The van der Waals surface area contributed by atoms with Crippen LogP contribution in [0.1, 0.15) is 32.8 Å². The molecule has 3 heteroatoms. The molecule has 0 aliphatic carbocycles. The third kappa shape index (κ3) is 3.84. The maximum Gasteiger partial charge on any atom is 0.228 e. The molecule has 3 nitrogen and oxygen atoms in total. The van der Waals surface area contributed by atoms with Crippen LogP contribution in [0.5, 0.6) is 0 Å². The second kappa shape index (κ2) is 7.17. The molecular formula is C15H24N2O. The summed E-state index contributed by atoms with van der Waals surface area (Å²) in [5.41, 5.74) is 2.16. The van der Waals surface area contributed by atoms with Crippen LogP contribution in [-0.2, 0) is 4.79 Å². The van der Waals surface area contributed by atoms with Gasteiger partial charge < -0.3 is 10.2 Å². The van der Waals surface area contributed by atoms with Crippen LogP contribution in [0.2, 0.25) is 0 Å². The fraction of sp³-hybridized carbons (Fsp3) is 0.533. The summed E-state index contributed by atoms with van der Waals surface area (Å²) in [4.78, 5) is 14.2. The Kier molecular flexibility index (Phi) is 5.86. The van der Waals surface area contributed by atoms with E-state index in [1.54, 1.807) is 0 Å². The van der Waals surface area contributed by atoms with Gasteiger partial charge in [-0.25, -0.2) is 0 Å². The van der Waals surface area contributed by atoms with Crippen molar-refractivity contribution in [3.63, 3.8) is 0 Å². The minimum absolute atomic E-state index is 0.181. The molecule has 0 saturated heterocycles. The molecular weight excluding hydrogens is 224 g/mol. The molecule has 0 aliphatic heterocycles. The van der Waals surface area contributed by atoms with Crippen molar-refractivity contribution in [2.45, 2.75) is 40.2 Å². The number of hydrogen-bond acceptors (Lipinski definition) is 2. The van der Waals surface area contributed by atoms with Crippen LogP contribution in [0, 0.1) is 6.92 Å². The third-order valence-electron chi connectivity index (χ3n) is 3.06. The van der Waals surface area contributed by atoms with E-state index < -0.39 is 0 Å². The van der Waals surface area contributed by atoms with Crippen molar-refractivity contribution >= 4 is 11.6 Å². The van der Waals surface area contributed by atoms with E-state index >= 15 is 0 Å². The number of carbonyl (C=O) groups is 1. The molecule has 1 atom stereocenters. The highest BCUT2D eigenvalue weighted by Crippen LogP contribution is 2.20. The van der Waals surface area contributed by atoms with Gasteiger partial charge in [0.05, 0.1) is 0 Å². The van der Waals surface area contributed by atoms with Crippen LogP contribution in [0.25, 0.3) is 0 Å². The second-order valence-electron chi connectivity index (χ2n) is 4.59. The van der Waals surface area contributed by atoms with Gasteiger partial charge in [-0.1, -0.05) is 25.1 Å². The molecule has 0 fully saturated rings. The van der Waals surface area contributed by atoms with Gasteiger partial charge in [0, 0.05) is 24.7 Å². The van der Waals surface area contributed by atoms with Gasteiger partial charge >= 0.3 is 0 Å². The van der Waals surface area contributed by atoms with Crippen molar-refractivity contribution in [2.75, 3.05) is 18.0 Å². The van der Waals surface area contributed by atoms with Gasteiger partial charge in [-0.15, -0.1) is 0 Å². The highest BCUT2D eigenvalue weighted by molar-refractivity contribution is 5.94. The fourth-order valence-electron chi connectivity index (χ4n) is 2.14. The summed E-state index contributed by atoms with van der Waals surface area (Å²) < 4.78 is 0. The molecule has 1 amide bonds. The summed E-state index contributed by atoms with van der Waals surface area (Å²) in [7, 11) is 0. The van der Waals surface area contributed by atoms with Crippen LogP contribution in [-0.4, -0.2) is 25.0 Å². The molecule has 1 aromatic rings. The molecule has 1 N–H and O–H groups in total.